The predicted molar refractivity (Wildman–Crippen MR) is 98.4 cm³/mol. The Kier molecular flexibility index (Phi) is 6.82. The molecule has 2 aromatic carbocycles. The summed E-state index contributed by atoms with van der Waals surface area (Å²) in [7, 11) is 1.28. The predicted octanol–water partition coefficient (Wildman–Crippen LogP) is 2.81. The molecule has 2 amide bonds. The van der Waals surface area contributed by atoms with Crippen molar-refractivity contribution in [1.29, 1.82) is 0 Å². The molecule has 0 radical (unpaired) electrons. The summed E-state index contributed by atoms with van der Waals surface area (Å²) in [5.74, 6) is -1.86. The number of benzene rings is 2. The Labute approximate surface area is 156 Å². The summed E-state index contributed by atoms with van der Waals surface area (Å²) >= 11 is 0. The minimum absolute atomic E-state index is 0.0197. The van der Waals surface area contributed by atoms with Crippen LogP contribution in [0.2, 0.25) is 0 Å². The van der Waals surface area contributed by atoms with E-state index in [1.54, 1.807) is 30.3 Å². The lowest BCUT2D eigenvalue weighted by Gasteiger charge is -2.07. The van der Waals surface area contributed by atoms with Crippen molar-refractivity contribution in [2.24, 2.45) is 0 Å². The van der Waals surface area contributed by atoms with Crippen LogP contribution in [-0.4, -0.2) is 24.9 Å². The Hall–Kier alpha value is -3.48. The van der Waals surface area contributed by atoms with Crippen LogP contribution in [0.3, 0.4) is 0 Å². The quantitative estimate of drug-likeness (QED) is 0.605. The number of methoxy groups -OCH3 is 1. The lowest BCUT2D eigenvalue weighted by molar-refractivity contribution is -0.117. The van der Waals surface area contributed by atoms with E-state index < -0.39 is 23.6 Å². The molecule has 0 heterocycles. The van der Waals surface area contributed by atoms with Crippen molar-refractivity contribution >= 4 is 23.5 Å². The third-order valence-electron chi connectivity index (χ3n) is 3.68. The van der Waals surface area contributed by atoms with Gasteiger partial charge in [-0.15, -0.1) is 0 Å². The number of hydrogen-bond acceptors (Lipinski definition) is 4. The number of hydrogen-bond donors (Lipinski definition) is 2. The van der Waals surface area contributed by atoms with Gasteiger partial charge in [-0.05, 0) is 37.3 Å². The van der Waals surface area contributed by atoms with Gasteiger partial charge in [0.05, 0.1) is 12.7 Å². The van der Waals surface area contributed by atoms with E-state index in [2.05, 4.69) is 15.4 Å². The highest BCUT2D eigenvalue weighted by atomic mass is 19.1. The second-order valence-corrected chi connectivity index (χ2v) is 5.66. The van der Waals surface area contributed by atoms with Gasteiger partial charge in [0.25, 0.3) is 5.91 Å². The molecule has 6 nitrogen and oxygen atoms in total. The van der Waals surface area contributed by atoms with Crippen LogP contribution < -0.4 is 10.6 Å². The molecule has 0 aliphatic rings. The lowest BCUT2D eigenvalue weighted by atomic mass is 10.2. The average molecular weight is 370 g/mol. The van der Waals surface area contributed by atoms with Gasteiger partial charge in [-0.25, -0.2) is 9.18 Å². The molecule has 2 N–H and O–H groups in total. The minimum atomic E-state index is -0.507. The van der Waals surface area contributed by atoms with Crippen molar-refractivity contribution < 1.29 is 23.5 Å². The summed E-state index contributed by atoms with van der Waals surface area (Å²) in [5.41, 5.74) is 1.35. The van der Waals surface area contributed by atoms with Gasteiger partial charge >= 0.3 is 5.97 Å². The molecule has 0 aliphatic carbocycles. The van der Waals surface area contributed by atoms with Crippen LogP contribution in [0, 0.1) is 5.82 Å². The zero-order valence-corrected chi connectivity index (χ0v) is 14.9. The Morgan fingerprint density at radius 1 is 1.07 bits per heavy atom. The topological polar surface area (TPSA) is 84.5 Å². The van der Waals surface area contributed by atoms with Gasteiger partial charge in [0, 0.05) is 29.4 Å². The second kappa shape index (κ2) is 9.28. The maximum absolute atomic E-state index is 13.5. The van der Waals surface area contributed by atoms with E-state index in [0.717, 1.165) is 6.08 Å². The second-order valence-electron chi connectivity index (χ2n) is 5.66. The van der Waals surface area contributed by atoms with E-state index in [1.165, 1.54) is 32.2 Å². The van der Waals surface area contributed by atoms with Crippen molar-refractivity contribution in [3.05, 3.63) is 77.1 Å². The molecule has 2 aromatic rings. The van der Waals surface area contributed by atoms with Gasteiger partial charge in [0.15, 0.2) is 0 Å². The molecule has 140 valence electrons. The number of rotatable bonds is 6. The van der Waals surface area contributed by atoms with Crippen LogP contribution in [0.4, 0.5) is 10.1 Å². The summed E-state index contributed by atoms with van der Waals surface area (Å²) in [4.78, 5) is 35.4. The smallest absolute Gasteiger partial charge is 0.337 e. The number of carbonyl (C=O) groups excluding carboxylic acids is 3. The fourth-order valence-corrected chi connectivity index (χ4v) is 2.17. The number of amides is 2. The van der Waals surface area contributed by atoms with E-state index in [0.29, 0.717) is 16.8 Å². The van der Waals surface area contributed by atoms with Gasteiger partial charge in [-0.2, -0.15) is 0 Å². The molecule has 0 saturated heterocycles. The summed E-state index contributed by atoms with van der Waals surface area (Å²) in [6, 6.07) is 12.2. The van der Waals surface area contributed by atoms with Crippen molar-refractivity contribution in [3.63, 3.8) is 0 Å². The highest BCUT2D eigenvalue weighted by Gasteiger charge is 2.09. The van der Waals surface area contributed by atoms with Gasteiger partial charge in [0.1, 0.15) is 5.82 Å². The molecule has 0 saturated carbocycles. The molecule has 2 rings (SSSR count). The molecule has 0 aromatic heterocycles. The first-order valence-electron chi connectivity index (χ1n) is 8.10. The fourth-order valence-electron chi connectivity index (χ4n) is 2.17. The number of anilines is 1. The minimum Gasteiger partial charge on any atom is -0.465 e. The van der Waals surface area contributed by atoms with Gasteiger partial charge in [-0.1, -0.05) is 18.2 Å². The van der Waals surface area contributed by atoms with Crippen LogP contribution in [-0.2, 0) is 20.9 Å². The normalized spacial score (nSPS) is 10.9. The highest BCUT2D eigenvalue weighted by Crippen LogP contribution is 2.12. The Bertz CT molecular complexity index is 876. The van der Waals surface area contributed by atoms with Crippen molar-refractivity contribution in [2.75, 3.05) is 12.4 Å². The summed E-state index contributed by atoms with van der Waals surface area (Å²) in [6.45, 7) is 1.51. The Morgan fingerprint density at radius 2 is 1.74 bits per heavy atom. The van der Waals surface area contributed by atoms with Gasteiger partial charge < -0.3 is 15.4 Å². The van der Waals surface area contributed by atoms with E-state index in [4.69, 9.17) is 0 Å². The van der Waals surface area contributed by atoms with Crippen LogP contribution >= 0.6 is 0 Å². The first kappa shape index (κ1) is 19.8. The molecular formula is C20H19FN2O4. The lowest BCUT2D eigenvalue weighted by Crippen LogP contribution is -2.23. The zero-order valence-electron chi connectivity index (χ0n) is 14.9. The first-order chi connectivity index (χ1) is 12.9. The SMILES string of the molecule is COC(=O)c1ccc(NC(=O)/C(C)=C/C(=O)NCc2ccccc2F)cc1. The molecule has 0 aliphatic heterocycles. The average Bonchev–Trinajstić information content (AvgIpc) is 2.67. The molecule has 27 heavy (non-hydrogen) atoms. The summed E-state index contributed by atoms with van der Waals surface area (Å²) in [5, 5.41) is 5.14. The highest BCUT2D eigenvalue weighted by molar-refractivity contribution is 6.07. The van der Waals surface area contributed by atoms with E-state index in [1.807, 2.05) is 0 Å². The van der Waals surface area contributed by atoms with Crippen molar-refractivity contribution in [2.45, 2.75) is 13.5 Å². The van der Waals surface area contributed by atoms with E-state index >= 15 is 0 Å². The van der Waals surface area contributed by atoms with Crippen LogP contribution in [0.25, 0.3) is 0 Å². The Morgan fingerprint density at radius 3 is 2.37 bits per heavy atom. The van der Waals surface area contributed by atoms with Crippen LogP contribution in [0.5, 0.6) is 0 Å². The fraction of sp³-hybridized carbons (Fsp3) is 0.150. The molecule has 0 spiro atoms. The van der Waals surface area contributed by atoms with Gasteiger partial charge in [0.2, 0.25) is 5.91 Å². The zero-order chi connectivity index (χ0) is 19.8. The van der Waals surface area contributed by atoms with Gasteiger partial charge in [-0.3, -0.25) is 9.59 Å². The third-order valence-corrected chi connectivity index (χ3v) is 3.68. The standard InChI is InChI=1S/C20H19FN2O4/c1-13(11-18(24)22-12-15-5-3-4-6-17(15)21)19(25)23-16-9-7-14(8-10-16)20(26)27-2/h3-11H,12H2,1-2H3,(H,22,24)(H,23,25)/b13-11+. The van der Waals surface area contributed by atoms with E-state index in [9.17, 15) is 18.8 Å². The monoisotopic (exact) mass is 370 g/mol. The van der Waals surface area contributed by atoms with Crippen LogP contribution in [0.1, 0.15) is 22.8 Å². The van der Waals surface area contributed by atoms with Crippen molar-refractivity contribution in [3.8, 4) is 0 Å². The number of halogens is 1. The maximum atomic E-state index is 13.5. The maximum Gasteiger partial charge on any atom is 0.337 e. The number of nitrogens with one attached hydrogen (secondary N) is 2. The summed E-state index contributed by atoms with van der Waals surface area (Å²) in [6.07, 6.45) is 1.14. The molecule has 0 fully saturated rings. The number of carbonyl (C=O) groups is 3. The molecule has 0 atom stereocenters. The van der Waals surface area contributed by atoms with Crippen molar-refractivity contribution in [1.82, 2.24) is 5.32 Å². The number of esters is 1. The number of ether oxygens (including phenoxy) is 1. The molecule has 0 bridgehead atoms. The summed E-state index contributed by atoms with van der Waals surface area (Å²) < 4.78 is 18.1. The van der Waals surface area contributed by atoms with Crippen LogP contribution in [0.15, 0.2) is 60.2 Å². The molecule has 7 heteroatoms. The molecular weight excluding hydrogens is 351 g/mol. The largest absolute Gasteiger partial charge is 0.465 e. The first-order valence-corrected chi connectivity index (χ1v) is 8.10. The Balaban J connectivity index is 1.92. The van der Waals surface area contributed by atoms with E-state index in [-0.39, 0.29) is 12.1 Å². The molecule has 0 unspecified atom stereocenters. The third kappa shape index (κ3) is 5.78.